The number of carbonyl (C=O) groups is 2. The van der Waals surface area contributed by atoms with Gasteiger partial charge in [0.15, 0.2) is 0 Å². The van der Waals surface area contributed by atoms with Gasteiger partial charge in [-0.15, -0.1) is 0 Å². The van der Waals surface area contributed by atoms with Crippen LogP contribution in [0.25, 0.3) is 0 Å². The molecule has 1 aromatic heterocycles. The van der Waals surface area contributed by atoms with Crippen molar-refractivity contribution in [3.8, 4) is 0 Å². The molecule has 24 heavy (non-hydrogen) atoms. The normalized spacial score (nSPS) is 21.1. The Morgan fingerprint density at radius 1 is 1.33 bits per heavy atom. The Labute approximate surface area is 140 Å². The van der Waals surface area contributed by atoms with Gasteiger partial charge in [-0.2, -0.15) is 0 Å². The fourth-order valence-electron chi connectivity index (χ4n) is 3.27. The molecule has 0 unspecified atom stereocenters. The highest BCUT2D eigenvalue weighted by Crippen LogP contribution is 2.37. The van der Waals surface area contributed by atoms with Crippen LogP contribution in [0.2, 0.25) is 0 Å². The summed E-state index contributed by atoms with van der Waals surface area (Å²) in [6.07, 6.45) is 4.01. The molecule has 2 aromatic rings. The Kier molecular flexibility index (Phi) is 4.38. The number of carboxylic acids is 1. The number of nitrogens with zero attached hydrogens (tertiary/aromatic N) is 3. The highest BCUT2D eigenvalue weighted by atomic mass is 16.4. The molecule has 0 saturated carbocycles. The van der Waals surface area contributed by atoms with Crippen molar-refractivity contribution in [2.75, 3.05) is 0 Å². The standard InChI is InChI=1S/C18H21N3O3/c1-12-3-5-13(6-4-12)11-21-15(22)8-7-14(18(23)24)16(21)17-19-9-10-20(17)2/h3-6,9-10,14,16H,7-8,11H2,1-2H3,(H,23,24)/t14-,16-/m0/s1. The fourth-order valence-corrected chi connectivity index (χ4v) is 3.27. The molecule has 1 N–H and O–H groups in total. The molecule has 6 heteroatoms. The van der Waals surface area contributed by atoms with E-state index in [0.717, 1.165) is 11.1 Å². The molecule has 1 aliphatic rings. The third-order valence-corrected chi connectivity index (χ3v) is 4.62. The molecule has 1 saturated heterocycles. The monoisotopic (exact) mass is 327 g/mol. The van der Waals surface area contributed by atoms with E-state index in [1.807, 2.05) is 38.2 Å². The Hall–Kier alpha value is -2.63. The molecule has 1 amide bonds. The third-order valence-electron chi connectivity index (χ3n) is 4.62. The van der Waals surface area contributed by atoms with E-state index in [2.05, 4.69) is 4.98 Å². The zero-order chi connectivity index (χ0) is 17.3. The van der Waals surface area contributed by atoms with Crippen LogP contribution in [0.3, 0.4) is 0 Å². The van der Waals surface area contributed by atoms with Gasteiger partial charge in [0.25, 0.3) is 0 Å². The summed E-state index contributed by atoms with van der Waals surface area (Å²) in [5.41, 5.74) is 2.13. The second-order valence-electron chi connectivity index (χ2n) is 6.33. The minimum absolute atomic E-state index is 0.0268. The number of aryl methyl sites for hydroxylation is 2. The first kappa shape index (κ1) is 16.2. The van der Waals surface area contributed by atoms with E-state index in [1.54, 1.807) is 21.9 Å². The van der Waals surface area contributed by atoms with Gasteiger partial charge in [0, 0.05) is 32.4 Å². The van der Waals surface area contributed by atoms with E-state index >= 15 is 0 Å². The highest BCUT2D eigenvalue weighted by molar-refractivity contribution is 5.81. The van der Waals surface area contributed by atoms with Crippen LogP contribution in [-0.4, -0.2) is 31.4 Å². The molecule has 126 valence electrons. The number of carboxylic acid groups (broad SMARTS) is 1. The van der Waals surface area contributed by atoms with Crippen LogP contribution in [0, 0.1) is 12.8 Å². The van der Waals surface area contributed by atoms with Crippen LogP contribution in [0.1, 0.15) is 35.8 Å². The molecule has 0 radical (unpaired) electrons. The number of imidazole rings is 1. The van der Waals surface area contributed by atoms with Gasteiger partial charge < -0.3 is 14.6 Å². The van der Waals surface area contributed by atoms with Crippen LogP contribution in [0.5, 0.6) is 0 Å². The SMILES string of the molecule is Cc1ccc(CN2C(=O)CC[C@H](C(=O)O)[C@H]2c2nccn2C)cc1. The Bertz CT molecular complexity index is 751. The second kappa shape index (κ2) is 6.47. The Morgan fingerprint density at radius 3 is 2.62 bits per heavy atom. The van der Waals surface area contributed by atoms with Crippen LogP contribution >= 0.6 is 0 Å². The van der Waals surface area contributed by atoms with Gasteiger partial charge in [-0.3, -0.25) is 9.59 Å². The van der Waals surface area contributed by atoms with Crippen LogP contribution in [-0.2, 0) is 23.2 Å². The summed E-state index contributed by atoms with van der Waals surface area (Å²) < 4.78 is 1.79. The Morgan fingerprint density at radius 2 is 2.04 bits per heavy atom. The minimum Gasteiger partial charge on any atom is -0.481 e. The summed E-state index contributed by atoms with van der Waals surface area (Å²) in [5.74, 6) is -0.942. The maximum Gasteiger partial charge on any atom is 0.309 e. The van der Waals surface area contributed by atoms with Crippen molar-refractivity contribution in [3.05, 3.63) is 53.6 Å². The summed E-state index contributed by atoms with van der Waals surface area (Å²) in [6, 6.07) is 7.39. The molecule has 6 nitrogen and oxygen atoms in total. The highest BCUT2D eigenvalue weighted by Gasteiger charge is 2.42. The number of hydrogen-bond donors (Lipinski definition) is 1. The average Bonchev–Trinajstić information content (AvgIpc) is 2.96. The predicted octanol–water partition coefficient (Wildman–Crippen LogP) is 2.29. The van der Waals surface area contributed by atoms with E-state index in [1.165, 1.54) is 0 Å². The first-order chi connectivity index (χ1) is 11.5. The van der Waals surface area contributed by atoms with Gasteiger partial charge in [-0.1, -0.05) is 29.8 Å². The van der Waals surface area contributed by atoms with E-state index in [0.29, 0.717) is 18.8 Å². The van der Waals surface area contributed by atoms with Crippen molar-refractivity contribution in [1.82, 2.24) is 14.5 Å². The van der Waals surface area contributed by atoms with Crippen LogP contribution in [0.4, 0.5) is 0 Å². The number of likely N-dealkylation sites (tertiary alicyclic amines) is 1. The molecular formula is C18H21N3O3. The average molecular weight is 327 g/mol. The van der Waals surface area contributed by atoms with Gasteiger partial charge in [0.1, 0.15) is 11.9 Å². The number of benzene rings is 1. The zero-order valence-corrected chi connectivity index (χ0v) is 13.8. The molecule has 2 heterocycles. The van der Waals surface area contributed by atoms with E-state index in [9.17, 15) is 14.7 Å². The minimum atomic E-state index is -0.885. The maximum atomic E-state index is 12.5. The van der Waals surface area contributed by atoms with Crippen molar-refractivity contribution in [2.45, 2.75) is 32.4 Å². The van der Waals surface area contributed by atoms with Gasteiger partial charge in [0.05, 0.1) is 5.92 Å². The molecule has 2 atom stereocenters. The number of aliphatic carboxylic acids is 1. The van der Waals surface area contributed by atoms with Crippen LogP contribution < -0.4 is 0 Å². The summed E-state index contributed by atoms with van der Waals surface area (Å²) in [6.45, 7) is 2.40. The smallest absolute Gasteiger partial charge is 0.309 e. The van der Waals surface area contributed by atoms with Gasteiger partial charge in [0.2, 0.25) is 5.91 Å². The number of piperidine rings is 1. The zero-order valence-electron chi connectivity index (χ0n) is 13.8. The number of aromatic nitrogens is 2. The molecule has 1 aromatic carbocycles. The first-order valence-corrected chi connectivity index (χ1v) is 8.02. The number of rotatable bonds is 4. The van der Waals surface area contributed by atoms with Crippen molar-refractivity contribution >= 4 is 11.9 Å². The summed E-state index contributed by atoms with van der Waals surface area (Å²) in [4.78, 5) is 30.3. The molecule has 0 bridgehead atoms. The lowest BCUT2D eigenvalue weighted by Gasteiger charge is -2.39. The molecule has 1 aliphatic heterocycles. The van der Waals surface area contributed by atoms with Gasteiger partial charge >= 0.3 is 5.97 Å². The van der Waals surface area contributed by atoms with Crippen LogP contribution in [0.15, 0.2) is 36.7 Å². The van der Waals surface area contributed by atoms with Crippen molar-refractivity contribution in [1.29, 1.82) is 0 Å². The fraction of sp³-hybridized carbons (Fsp3) is 0.389. The summed E-state index contributed by atoms with van der Waals surface area (Å²) in [5, 5.41) is 9.63. The number of hydrogen-bond acceptors (Lipinski definition) is 3. The van der Waals surface area contributed by atoms with Gasteiger partial charge in [-0.05, 0) is 18.9 Å². The number of amides is 1. The lowest BCUT2D eigenvalue weighted by atomic mass is 9.87. The van der Waals surface area contributed by atoms with Crippen molar-refractivity contribution < 1.29 is 14.7 Å². The lowest BCUT2D eigenvalue weighted by molar-refractivity contribution is -0.153. The molecule has 1 fully saturated rings. The molecule has 0 aliphatic carbocycles. The van der Waals surface area contributed by atoms with Gasteiger partial charge in [-0.25, -0.2) is 4.98 Å². The van der Waals surface area contributed by atoms with E-state index < -0.39 is 17.9 Å². The topological polar surface area (TPSA) is 75.4 Å². The molecular weight excluding hydrogens is 306 g/mol. The molecule has 3 rings (SSSR count). The predicted molar refractivity (Wildman–Crippen MR) is 88.0 cm³/mol. The Balaban J connectivity index is 1.98. The summed E-state index contributed by atoms with van der Waals surface area (Å²) in [7, 11) is 1.82. The maximum absolute atomic E-state index is 12.5. The van der Waals surface area contributed by atoms with Crippen molar-refractivity contribution in [3.63, 3.8) is 0 Å². The van der Waals surface area contributed by atoms with E-state index in [-0.39, 0.29) is 12.3 Å². The quantitative estimate of drug-likeness (QED) is 0.935. The summed E-state index contributed by atoms with van der Waals surface area (Å²) >= 11 is 0. The van der Waals surface area contributed by atoms with Crippen molar-refractivity contribution in [2.24, 2.45) is 13.0 Å². The number of carbonyl (C=O) groups excluding carboxylic acids is 1. The van der Waals surface area contributed by atoms with E-state index in [4.69, 9.17) is 0 Å². The third kappa shape index (κ3) is 3.04. The lowest BCUT2D eigenvalue weighted by Crippen LogP contribution is -2.45. The second-order valence-corrected chi connectivity index (χ2v) is 6.33. The first-order valence-electron chi connectivity index (χ1n) is 8.02. The molecule has 0 spiro atoms. The largest absolute Gasteiger partial charge is 0.481 e.